The summed E-state index contributed by atoms with van der Waals surface area (Å²) in [6.45, 7) is 7.36. The Kier molecular flexibility index (Phi) is 10.3. The van der Waals surface area contributed by atoms with Crippen molar-refractivity contribution in [2.24, 2.45) is 4.99 Å². The van der Waals surface area contributed by atoms with Gasteiger partial charge in [-0.25, -0.2) is 9.79 Å². The van der Waals surface area contributed by atoms with Crippen LogP contribution in [0.3, 0.4) is 0 Å². The minimum Gasteiger partial charge on any atom is -0.493 e. The summed E-state index contributed by atoms with van der Waals surface area (Å²) in [4.78, 5) is 53.6. The third-order valence-corrected chi connectivity index (χ3v) is 8.77. The maximum atomic E-state index is 14.1. The molecule has 4 aromatic rings. The number of carbonyl (C=O) groups excluding carboxylic acids is 1. The highest BCUT2D eigenvalue weighted by Gasteiger charge is 2.33. The number of fused-ring (bicyclic) bond motifs is 1. The summed E-state index contributed by atoms with van der Waals surface area (Å²) in [5, 5.41) is 22.8. The van der Waals surface area contributed by atoms with Crippen LogP contribution in [0.15, 0.2) is 80.1 Å². The zero-order chi connectivity index (χ0) is 35.6. The maximum Gasteiger partial charge on any atom is 0.338 e. The molecule has 5 rings (SSSR count). The van der Waals surface area contributed by atoms with Gasteiger partial charge in [0.15, 0.2) is 16.3 Å². The zero-order valence-electron chi connectivity index (χ0n) is 26.8. The van der Waals surface area contributed by atoms with Crippen molar-refractivity contribution in [3.63, 3.8) is 0 Å². The first-order valence-electron chi connectivity index (χ1n) is 14.8. The third-order valence-electron chi connectivity index (χ3n) is 7.20. The minimum atomic E-state index is -0.819. The van der Waals surface area contributed by atoms with Crippen molar-refractivity contribution in [1.82, 2.24) is 4.57 Å². The van der Waals surface area contributed by atoms with E-state index in [2.05, 4.69) is 20.9 Å². The van der Waals surface area contributed by atoms with E-state index in [1.54, 1.807) is 56.3 Å². The Balaban J connectivity index is 1.59. The second kappa shape index (κ2) is 14.4. The number of nitro groups is 2. The largest absolute Gasteiger partial charge is 0.493 e. The lowest BCUT2D eigenvalue weighted by Gasteiger charge is -2.25. The Morgan fingerprint density at radius 3 is 2.41 bits per heavy atom. The predicted molar refractivity (Wildman–Crippen MR) is 183 cm³/mol. The molecule has 0 bridgehead atoms. The lowest BCUT2D eigenvalue weighted by molar-refractivity contribution is -0.394. The van der Waals surface area contributed by atoms with E-state index >= 15 is 0 Å². The van der Waals surface area contributed by atoms with Crippen molar-refractivity contribution in [1.29, 1.82) is 0 Å². The standard InChI is InChI=1S/C33H29BrN4O10S/c1-6-46-32(40)28-18(4)35-33-36(29(28)20-7-10-22(11-8-20)47-17(2)3)31(39)27(49-33)15-19-13-23(34)30(26(14-19)45-5)48-25-12-9-21(37(41)42)16-24(25)38(43)44/h7-17,29H,6H2,1-5H3/b27-15-/t29-/m1/s1. The molecular weight excluding hydrogens is 724 g/mol. The van der Waals surface area contributed by atoms with Crippen LogP contribution >= 0.6 is 27.3 Å². The number of hydrogen-bond acceptors (Lipinski definition) is 12. The summed E-state index contributed by atoms with van der Waals surface area (Å²) in [7, 11) is 1.37. The first kappa shape index (κ1) is 35.0. The quantitative estimate of drug-likeness (QED) is 0.101. The molecule has 2 heterocycles. The number of hydrogen-bond donors (Lipinski definition) is 0. The fourth-order valence-electron chi connectivity index (χ4n) is 5.14. The fraction of sp³-hybridized carbons (Fsp3) is 0.242. The smallest absolute Gasteiger partial charge is 0.338 e. The Bertz CT molecular complexity index is 2190. The number of benzene rings is 3. The summed E-state index contributed by atoms with van der Waals surface area (Å²) in [5.41, 5.74) is 0.352. The molecule has 0 N–H and O–H groups in total. The number of halogens is 1. The van der Waals surface area contributed by atoms with Gasteiger partial charge in [0.2, 0.25) is 5.75 Å². The van der Waals surface area contributed by atoms with Crippen LogP contribution in [-0.4, -0.2) is 40.2 Å². The summed E-state index contributed by atoms with van der Waals surface area (Å²) < 4.78 is 24.6. The summed E-state index contributed by atoms with van der Waals surface area (Å²) in [6.07, 6.45) is 1.58. The van der Waals surface area contributed by atoms with Gasteiger partial charge in [-0.1, -0.05) is 23.5 Å². The molecule has 1 aliphatic heterocycles. The SMILES string of the molecule is CCOC(=O)C1=C(C)N=c2s/c(=C\c3cc(Br)c(Oc4ccc([N+](=O)[O-])cc4[N+](=O)[O-])c(OC)c3)c(=O)n2[C@@H]1c1ccc(OC(C)C)cc1. The number of allylic oxidation sites excluding steroid dienone is 1. The molecule has 0 radical (unpaired) electrons. The monoisotopic (exact) mass is 752 g/mol. The van der Waals surface area contributed by atoms with Crippen molar-refractivity contribution in [3.8, 4) is 23.0 Å². The highest BCUT2D eigenvalue weighted by Crippen LogP contribution is 2.43. The van der Waals surface area contributed by atoms with E-state index in [4.69, 9.17) is 18.9 Å². The van der Waals surface area contributed by atoms with Gasteiger partial charge in [-0.15, -0.1) is 0 Å². The molecule has 0 saturated carbocycles. The lowest BCUT2D eigenvalue weighted by Crippen LogP contribution is -2.39. The summed E-state index contributed by atoms with van der Waals surface area (Å²) in [5.74, 6) is 0.0377. The highest BCUT2D eigenvalue weighted by atomic mass is 79.9. The van der Waals surface area contributed by atoms with Gasteiger partial charge in [0.05, 0.1) is 62.1 Å². The molecule has 0 saturated heterocycles. The van der Waals surface area contributed by atoms with Crippen molar-refractivity contribution < 1.29 is 33.6 Å². The van der Waals surface area contributed by atoms with Crippen LogP contribution in [0.2, 0.25) is 0 Å². The van der Waals surface area contributed by atoms with Crippen LogP contribution in [0, 0.1) is 20.2 Å². The van der Waals surface area contributed by atoms with Crippen LogP contribution in [0.1, 0.15) is 44.9 Å². The summed E-state index contributed by atoms with van der Waals surface area (Å²) in [6, 6.07) is 12.5. The molecule has 254 valence electrons. The topological polar surface area (TPSA) is 175 Å². The number of thiazole rings is 1. The summed E-state index contributed by atoms with van der Waals surface area (Å²) >= 11 is 4.55. The maximum absolute atomic E-state index is 14.1. The number of rotatable bonds is 11. The lowest BCUT2D eigenvalue weighted by atomic mass is 9.96. The molecule has 49 heavy (non-hydrogen) atoms. The van der Waals surface area contributed by atoms with Gasteiger partial charge < -0.3 is 18.9 Å². The van der Waals surface area contributed by atoms with E-state index < -0.39 is 38.8 Å². The number of ether oxygens (including phenoxy) is 4. The first-order valence-corrected chi connectivity index (χ1v) is 16.4. The highest BCUT2D eigenvalue weighted by molar-refractivity contribution is 9.10. The molecule has 0 spiro atoms. The molecule has 0 aliphatic carbocycles. The molecule has 0 unspecified atom stereocenters. The second-order valence-corrected chi connectivity index (χ2v) is 12.7. The van der Waals surface area contributed by atoms with E-state index in [1.165, 1.54) is 11.7 Å². The Morgan fingerprint density at radius 1 is 1.08 bits per heavy atom. The Labute approximate surface area is 291 Å². The predicted octanol–water partition coefficient (Wildman–Crippen LogP) is 5.97. The number of carbonyl (C=O) groups is 1. The van der Waals surface area contributed by atoms with Gasteiger partial charge in [-0.05, 0) is 91.2 Å². The molecule has 3 aromatic carbocycles. The van der Waals surface area contributed by atoms with Crippen LogP contribution < -0.4 is 29.1 Å². The van der Waals surface area contributed by atoms with Crippen molar-refractivity contribution in [2.45, 2.75) is 39.8 Å². The number of non-ortho nitro benzene ring substituents is 1. The van der Waals surface area contributed by atoms with Crippen LogP contribution in [0.25, 0.3) is 6.08 Å². The van der Waals surface area contributed by atoms with Crippen molar-refractivity contribution in [2.75, 3.05) is 13.7 Å². The molecule has 14 nitrogen and oxygen atoms in total. The van der Waals surface area contributed by atoms with Crippen molar-refractivity contribution >= 4 is 50.7 Å². The van der Waals surface area contributed by atoms with E-state index in [1.807, 2.05) is 13.8 Å². The molecule has 0 amide bonds. The van der Waals surface area contributed by atoms with E-state index in [0.717, 1.165) is 29.5 Å². The van der Waals surface area contributed by atoms with Gasteiger partial charge in [-0.2, -0.15) is 0 Å². The molecule has 1 atom stereocenters. The number of methoxy groups -OCH3 is 1. The van der Waals surface area contributed by atoms with Crippen LogP contribution in [0.5, 0.6) is 23.0 Å². The average Bonchev–Trinajstić information content (AvgIpc) is 3.35. The number of nitrogens with zero attached hydrogens (tertiary/aromatic N) is 4. The van der Waals surface area contributed by atoms with Gasteiger partial charge in [0.25, 0.3) is 11.2 Å². The molecule has 16 heteroatoms. The molecule has 0 fully saturated rings. The van der Waals surface area contributed by atoms with Crippen molar-refractivity contribution in [3.05, 3.63) is 121 Å². The Morgan fingerprint density at radius 2 is 1.80 bits per heavy atom. The van der Waals surface area contributed by atoms with Gasteiger partial charge in [0.1, 0.15) is 5.75 Å². The van der Waals surface area contributed by atoms with Crippen LogP contribution in [0.4, 0.5) is 11.4 Å². The van der Waals surface area contributed by atoms with E-state index in [-0.39, 0.29) is 35.5 Å². The number of nitro benzene ring substituents is 2. The molecule has 1 aliphatic rings. The normalized spacial score (nSPS) is 14.3. The van der Waals surface area contributed by atoms with Gasteiger partial charge >= 0.3 is 11.7 Å². The molecule has 1 aromatic heterocycles. The number of esters is 1. The van der Waals surface area contributed by atoms with Gasteiger partial charge in [0, 0.05) is 6.07 Å². The zero-order valence-corrected chi connectivity index (χ0v) is 29.2. The third kappa shape index (κ3) is 7.24. The second-order valence-electron chi connectivity index (χ2n) is 10.8. The fourth-order valence-corrected chi connectivity index (χ4v) is 6.73. The Hall–Kier alpha value is -5.35. The van der Waals surface area contributed by atoms with E-state index in [0.29, 0.717) is 36.4 Å². The minimum absolute atomic E-state index is 0.0409. The van der Waals surface area contributed by atoms with E-state index in [9.17, 15) is 29.8 Å². The number of aromatic nitrogens is 1. The molecular formula is C33H29BrN4O10S. The van der Waals surface area contributed by atoms with Crippen LogP contribution in [-0.2, 0) is 9.53 Å². The first-order chi connectivity index (χ1) is 23.3. The van der Waals surface area contributed by atoms with Gasteiger partial charge in [-0.3, -0.25) is 29.6 Å². The average molecular weight is 754 g/mol.